The van der Waals surface area contributed by atoms with Crippen molar-refractivity contribution in [3.8, 4) is 11.8 Å². The molecular weight excluding hydrogens is 244 g/mol. The molecule has 0 saturated carbocycles. The van der Waals surface area contributed by atoms with Crippen molar-refractivity contribution >= 4 is 19.9 Å². The third-order valence-corrected chi connectivity index (χ3v) is 3.62. The fraction of sp³-hybridized carbons (Fsp3) is 0.714. The maximum Gasteiger partial charge on any atom is 0.186 e. The van der Waals surface area contributed by atoms with E-state index in [4.69, 9.17) is 4.43 Å². The summed E-state index contributed by atoms with van der Waals surface area (Å²) in [7, 11) is -1.93. The van der Waals surface area contributed by atoms with Gasteiger partial charge in [0.25, 0.3) is 0 Å². The van der Waals surface area contributed by atoms with Crippen LogP contribution in [0.1, 0.15) is 34.1 Å². The molecule has 0 amide bonds. The number of Topliss-reactive ketones (excluding diaryl/α,β-unsaturated/α-hetero) is 2. The van der Waals surface area contributed by atoms with E-state index in [2.05, 4.69) is 11.8 Å². The van der Waals surface area contributed by atoms with Gasteiger partial charge in [-0.2, -0.15) is 0 Å². The lowest BCUT2D eigenvalue weighted by atomic mass is 9.87. The molecule has 0 N–H and O–H groups in total. The molecule has 0 aromatic heterocycles. The summed E-state index contributed by atoms with van der Waals surface area (Å²) in [4.78, 5) is 23.4. The third kappa shape index (κ3) is 5.15. The number of hydrogen-bond acceptors (Lipinski definition) is 3. The molecule has 0 aliphatic carbocycles. The summed E-state index contributed by atoms with van der Waals surface area (Å²) in [5.41, 5.74) is -1.12. The van der Waals surface area contributed by atoms with Crippen molar-refractivity contribution in [3.05, 3.63) is 0 Å². The molecule has 0 heterocycles. The zero-order chi connectivity index (χ0) is 14.6. The highest BCUT2D eigenvalue weighted by molar-refractivity contribution is 6.70. The molecule has 0 rings (SSSR count). The third-order valence-electron chi connectivity index (χ3n) is 2.66. The van der Waals surface area contributed by atoms with Crippen molar-refractivity contribution in [2.75, 3.05) is 0 Å². The van der Waals surface area contributed by atoms with E-state index in [1.807, 2.05) is 26.6 Å². The fourth-order valence-corrected chi connectivity index (χ4v) is 3.04. The van der Waals surface area contributed by atoms with Crippen molar-refractivity contribution in [2.24, 2.45) is 5.92 Å². The molecule has 2 unspecified atom stereocenters. The Labute approximate surface area is 111 Å². The first kappa shape index (κ1) is 17.1. The molecule has 0 radical (unpaired) electrons. The van der Waals surface area contributed by atoms with Gasteiger partial charge in [-0.15, -0.1) is 5.92 Å². The number of hydrogen-bond donors (Lipinski definition) is 0. The van der Waals surface area contributed by atoms with Gasteiger partial charge < -0.3 is 4.43 Å². The van der Waals surface area contributed by atoms with Gasteiger partial charge in [-0.25, -0.2) is 0 Å². The Morgan fingerprint density at radius 2 is 1.78 bits per heavy atom. The first-order chi connectivity index (χ1) is 8.04. The zero-order valence-corrected chi connectivity index (χ0v) is 13.5. The van der Waals surface area contributed by atoms with Gasteiger partial charge in [-0.05, 0) is 40.4 Å². The van der Waals surface area contributed by atoms with Gasteiger partial charge in [0, 0.05) is 12.3 Å². The Morgan fingerprint density at radius 1 is 1.28 bits per heavy atom. The van der Waals surface area contributed by atoms with Gasteiger partial charge in [0.05, 0.1) is 0 Å². The minimum atomic E-state index is -1.93. The molecule has 0 aromatic rings. The lowest BCUT2D eigenvalue weighted by molar-refractivity contribution is -0.131. The molecule has 3 nitrogen and oxygen atoms in total. The van der Waals surface area contributed by atoms with E-state index < -0.39 is 13.9 Å². The SMILES string of the molecule is CC#CC(CC(C)C(C)=O)(O[Si](C)(C)C)C(C)=O. The van der Waals surface area contributed by atoms with E-state index in [1.54, 1.807) is 6.92 Å². The second-order valence-electron chi connectivity index (χ2n) is 5.69. The Bertz CT molecular complexity index is 384. The monoisotopic (exact) mass is 268 g/mol. The van der Waals surface area contributed by atoms with Crippen LogP contribution in [0.3, 0.4) is 0 Å². The Morgan fingerprint density at radius 3 is 2.06 bits per heavy atom. The van der Waals surface area contributed by atoms with Crippen LogP contribution in [-0.2, 0) is 14.0 Å². The molecule has 0 spiro atoms. The van der Waals surface area contributed by atoms with Crippen LogP contribution in [0.15, 0.2) is 0 Å². The molecule has 0 aliphatic heterocycles. The molecule has 0 saturated heterocycles. The van der Waals surface area contributed by atoms with E-state index in [0.717, 1.165) is 0 Å². The molecule has 18 heavy (non-hydrogen) atoms. The van der Waals surface area contributed by atoms with Gasteiger partial charge >= 0.3 is 0 Å². The highest BCUT2D eigenvalue weighted by atomic mass is 28.4. The largest absolute Gasteiger partial charge is 0.396 e. The van der Waals surface area contributed by atoms with E-state index in [9.17, 15) is 9.59 Å². The smallest absolute Gasteiger partial charge is 0.186 e. The van der Waals surface area contributed by atoms with Crippen molar-refractivity contribution in [2.45, 2.75) is 59.4 Å². The van der Waals surface area contributed by atoms with E-state index in [-0.39, 0.29) is 17.5 Å². The molecule has 2 atom stereocenters. The first-order valence-electron chi connectivity index (χ1n) is 6.19. The van der Waals surface area contributed by atoms with Crippen LogP contribution in [0.25, 0.3) is 0 Å². The summed E-state index contributed by atoms with van der Waals surface area (Å²) < 4.78 is 6.01. The lowest BCUT2D eigenvalue weighted by Crippen LogP contribution is -2.48. The predicted octanol–water partition coefficient (Wildman–Crippen LogP) is 2.80. The highest BCUT2D eigenvalue weighted by Gasteiger charge is 2.40. The van der Waals surface area contributed by atoms with E-state index in [1.165, 1.54) is 13.8 Å². The molecule has 0 fully saturated rings. The second-order valence-corrected chi connectivity index (χ2v) is 10.1. The van der Waals surface area contributed by atoms with E-state index in [0.29, 0.717) is 6.42 Å². The minimum absolute atomic E-state index is 0.0534. The normalized spacial score (nSPS) is 16.2. The summed E-state index contributed by atoms with van der Waals surface area (Å²) in [5.74, 6) is 5.38. The predicted molar refractivity (Wildman–Crippen MR) is 75.8 cm³/mol. The van der Waals surface area contributed by atoms with E-state index >= 15 is 0 Å². The van der Waals surface area contributed by atoms with Crippen LogP contribution in [0.5, 0.6) is 0 Å². The standard InChI is InChI=1S/C14H24O3Si/c1-8-9-14(13(4)16,17-18(5,6)7)10-11(2)12(3)15/h11H,10H2,1-7H3. The number of carbonyl (C=O) groups excluding carboxylic acids is 2. The van der Waals surface area contributed by atoms with Gasteiger partial charge in [0.15, 0.2) is 19.7 Å². The van der Waals surface area contributed by atoms with Gasteiger partial charge in [-0.1, -0.05) is 12.8 Å². The molecular formula is C14H24O3Si. The summed E-state index contributed by atoms with van der Waals surface area (Å²) in [6.45, 7) is 12.6. The molecule has 4 heteroatoms. The Kier molecular flexibility index (Phi) is 5.98. The molecule has 0 bridgehead atoms. The van der Waals surface area contributed by atoms with Crippen molar-refractivity contribution in [1.29, 1.82) is 0 Å². The fourth-order valence-electron chi connectivity index (χ4n) is 1.72. The average Bonchev–Trinajstić information content (AvgIpc) is 2.14. The second kappa shape index (κ2) is 6.30. The summed E-state index contributed by atoms with van der Waals surface area (Å²) in [6.07, 6.45) is 0.336. The van der Waals surface area contributed by atoms with Crippen LogP contribution in [-0.4, -0.2) is 25.5 Å². The summed E-state index contributed by atoms with van der Waals surface area (Å²) in [5, 5.41) is 0. The average molecular weight is 268 g/mol. The maximum absolute atomic E-state index is 12.0. The number of rotatable bonds is 6. The minimum Gasteiger partial charge on any atom is -0.396 e. The topological polar surface area (TPSA) is 43.4 Å². The van der Waals surface area contributed by atoms with Crippen molar-refractivity contribution < 1.29 is 14.0 Å². The molecule has 0 aliphatic rings. The van der Waals surface area contributed by atoms with Gasteiger partial charge in [-0.3, -0.25) is 9.59 Å². The first-order valence-corrected chi connectivity index (χ1v) is 9.60. The van der Waals surface area contributed by atoms with Crippen LogP contribution < -0.4 is 0 Å². The van der Waals surface area contributed by atoms with Crippen LogP contribution >= 0.6 is 0 Å². The number of carbonyl (C=O) groups is 2. The van der Waals surface area contributed by atoms with Gasteiger partial charge in [0.1, 0.15) is 5.78 Å². The maximum atomic E-state index is 12.0. The van der Waals surface area contributed by atoms with Crippen LogP contribution in [0.2, 0.25) is 19.6 Å². The lowest BCUT2D eigenvalue weighted by Gasteiger charge is -2.34. The molecule has 0 aromatic carbocycles. The summed E-state index contributed by atoms with van der Waals surface area (Å²) in [6, 6.07) is 0. The van der Waals surface area contributed by atoms with Crippen LogP contribution in [0.4, 0.5) is 0 Å². The van der Waals surface area contributed by atoms with Crippen molar-refractivity contribution in [1.82, 2.24) is 0 Å². The Balaban J connectivity index is 5.41. The van der Waals surface area contributed by atoms with Gasteiger partial charge in [0.2, 0.25) is 0 Å². The Hall–Kier alpha value is -0.923. The molecule has 102 valence electrons. The van der Waals surface area contributed by atoms with Crippen molar-refractivity contribution in [3.63, 3.8) is 0 Å². The zero-order valence-electron chi connectivity index (χ0n) is 12.5. The quantitative estimate of drug-likeness (QED) is 0.549. The number of ketones is 2. The summed E-state index contributed by atoms with van der Waals surface area (Å²) >= 11 is 0. The van der Waals surface area contributed by atoms with Crippen LogP contribution in [0, 0.1) is 17.8 Å². The highest BCUT2D eigenvalue weighted by Crippen LogP contribution is 2.27.